The van der Waals surface area contributed by atoms with Crippen LogP contribution in [0.5, 0.6) is 0 Å². The highest BCUT2D eigenvalue weighted by Crippen LogP contribution is 2.11. The first-order valence-electron chi connectivity index (χ1n) is 3.42. The van der Waals surface area contributed by atoms with Crippen molar-refractivity contribution >= 4 is 12.3 Å². The van der Waals surface area contributed by atoms with Crippen molar-refractivity contribution in [1.29, 1.82) is 5.26 Å². The summed E-state index contributed by atoms with van der Waals surface area (Å²) >= 11 is 0. The molecule has 0 aliphatic carbocycles. The minimum atomic E-state index is -1.21. The highest BCUT2D eigenvalue weighted by Gasteiger charge is 2.12. The summed E-state index contributed by atoms with van der Waals surface area (Å²) in [6.45, 7) is 0. The van der Waals surface area contributed by atoms with Crippen LogP contribution in [0.25, 0.3) is 0 Å². The summed E-state index contributed by atoms with van der Waals surface area (Å²) in [7, 11) is 0. The van der Waals surface area contributed by atoms with E-state index in [9.17, 15) is 9.59 Å². The van der Waals surface area contributed by atoms with Gasteiger partial charge in [-0.15, -0.1) is 0 Å². The van der Waals surface area contributed by atoms with Crippen molar-refractivity contribution in [2.24, 2.45) is 0 Å². The number of hydrogen-bond donors (Lipinski definition) is 1. The maximum Gasteiger partial charge on any atom is 0.337 e. The van der Waals surface area contributed by atoms with Gasteiger partial charge < -0.3 is 5.11 Å². The zero-order valence-corrected chi connectivity index (χ0v) is 6.52. The summed E-state index contributed by atoms with van der Waals surface area (Å²) in [6, 6.07) is 5.80. The maximum atomic E-state index is 10.6. The Labute approximate surface area is 74.0 Å². The molecule has 0 radical (unpaired) electrons. The molecule has 13 heavy (non-hydrogen) atoms. The highest BCUT2D eigenvalue weighted by atomic mass is 16.4. The fourth-order valence-electron chi connectivity index (χ4n) is 0.971. The second kappa shape index (κ2) is 3.50. The van der Waals surface area contributed by atoms with Crippen molar-refractivity contribution in [3.8, 4) is 6.07 Å². The van der Waals surface area contributed by atoms with E-state index in [1.54, 1.807) is 6.07 Å². The van der Waals surface area contributed by atoms with Crippen molar-refractivity contribution in [3.63, 3.8) is 0 Å². The molecular formula is C9H5NO3. The van der Waals surface area contributed by atoms with Gasteiger partial charge in [-0.3, -0.25) is 4.79 Å². The molecule has 0 aliphatic heterocycles. The smallest absolute Gasteiger partial charge is 0.337 e. The van der Waals surface area contributed by atoms with Gasteiger partial charge in [0, 0.05) is 5.56 Å². The van der Waals surface area contributed by atoms with E-state index in [2.05, 4.69) is 0 Å². The van der Waals surface area contributed by atoms with Gasteiger partial charge in [0.2, 0.25) is 0 Å². The number of nitriles is 1. The second-order valence-electron chi connectivity index (χ2n) is 2.30. The van der Waals surface area contributed by atoms with Crippen molar-refractivity contribution < 1.29 is 14.7 Å². The Morgan fingerprint density at radius 2 is 2.23 bits per heavy atom. The third-order valence-electron chi connectivity index (χ3n) is 1.57. The van der Waals surface area contributed by atoms with Crippen molar-refractivity contribution in [1.82, 2.24) is 0 Å². The molecule has 0 aliphatic rings. The predicted octanol–water partition coefficient (Wildman–Crippen LogP) is 1.07. The lowest BCUT2D eigenvalue weighted by atomic mass is 10.0. The van der Waals surface area contributed by atoms with Crippen molar-refractivity contribution in [3.05, 3.63) is 34.9 Å². The molecule has 4 heteroatoms. The quantitative estimate of drug-likeness (QED) is 0.682. The molecule has 0 amide bonds. The van der Waals surface area contributed by atoms with Crippen LogP contribution in [0.15, 0.2) is 18.2 Å². The minimum Gasteiger partial charge on any atom is -0.478 e. The fraction of sp³-hybridized carbons (Fsp3) is 0. The van der Waals surface area contributed by atoms with E-state index >= 15 is 0 Å². The van der Waals surface area contributed by atoms with Gasteiger partial charge in [0.1, 0.15) is 6.07 Å². The molecule has 1 rings (SSSR count). The zero-order valence-electron chi connectivity index (χ0n) is 6.52. The van der Waals surface area contributed by atoms with E-state index in [4.69, 9.17) is 10.4 Å². The molecule has 0 fully saturated rings. The fourth-order valence-corrected chi connectivity index (χ4v) is 0.971. The van der Waals surface area contributed by atoms with Crippen molar-refractivity contribution in [2.45, 2.75) is 0 Å². The zero-order chi connectivity index (χ0) is 9.84. The number of carbonyl (C=O) groups excluding carboxylic acids is 1. The lowest BCUT2D eigenvalue weighted by molar-refractivity contribution is 0.0696. The molecule has 0 saturated heterocycles. The second-order valence-corrected chi connectivity index (χ2v) is 2.30. The molecule has 0 atom stereocenters. The maximum absolute atomic E-state index is 10.6. The number of hydrogen-bond acceptors (Lipinski definition) is 3. The Morgan fingerprint density at radius 3 is 2.69 bits per heavy atom. The number of aromatic carboxylic acids is 1. The average molecular weight is 175 g/mol. The summed E-state index contributed by atoms with van der Waals surface area (Å²) < 4.78 is 0. The van der Waals surface area contributed by atoms with Gasteiger partial charge in [-0.05, 0) is 6.07 Å². The summed E-state index contributed by atoms with van der Waals surface area (Å²) in [5, 5.41) is 17.3. The molecule has 1 N–H and O–H groups in total. The van der Waals surface area contributed by atoms with Crippen LogP contribution in [0, 0.1) is 11.3 Å². The molecule has 0 aromatic heterocycles. The summed E-state index contributed by atoms with van der Waals surface area (Å²) in [6.07, 6.45) is 0.463. The van der Waals surface area contributed by atoms with Crippen LogP contribution < -0.4 is 0 Å². The third-order valence-corrected chi connectivity index (χ3v) is 1.57. The standard InChI is InChI=1S/C9H5NO3/c10-4-8-6(5-11)2-1-3-7(8)9(12)13/h1-3,5H,(H,12,13). The van der Waals surface area contributed by atoms with Crippen LogP contribution in [-0.2, 0) is 0 Å². The SMILES string of the molecule is N#Cc1c(C=O)cccc1C(=O)O. The average Bonchev–Trinajstić information content (AvgIpc) is 2.16. The number of rotatable bonds is 2. The van der Waals surface area contributed by atoms with Gasteiger partial charge in [0.25, 0.3) is 0 Å². The molecule has 4 nitrogen and oxygen atoms in total. The van der Waals surface area contributed by atoms with E-state index in [0.29, 0.717) is 6.29 Å². The van der Waals surface area contributed by atoms with Gasteiger partial charge in [-0.25, -0.2) is 4.79 Å². The molecule has 0 unspecified atom stereocenters. The van der Waals surface area contributed by atoms with E-state index < -0.39 is 5.97 Å². The molecule has 0 bridgehead atoms. The van der Waals surface area contributed by atoms with Gasteiger partial charge in [0.05, 0.1) is 11.1 Å². The predicted molar refractivity (Wildman–Crippen MR) is 43.5 cm³/mol. The first-order chi connectivity index (χ1) is 6.20. The molecule has 0 heterocycles. The number of benzene rings is 1. The van der Waals surface area contributed by atoms with E-state index in [0.717, 1.165) is 0 Å². The van der Waals surface area contributed by atoms with Crippen LogP contribution in [0.4, 0.5) is 0 Å². The summed E-state index contributed by atoms with van der Waals surface area (Å²) in [4.78, 5) is 21.0. The van der Waals surface area contributed by atoms with Gasteiger partial charge in [-0.1, -0.05) is 12.1 Å². The van der Waals surface area contributed by atoms with Gasteiger partial charge >= 0.3 is 5.97 Å². The third kappa shape index (κ3) is 1.54. The van der Waals surface area contributed by atoms with Gasteiger partial charge in [0.15, 0.2) is 6.29 Å². The number of aldehydes is 1. The number of carboxylic acids is 1. The van der Waals surface area contributed by atoms with Crippen molar-refractivity contribution in [2.75, 3.05) is 0 Å². The van der Waals surface area contributed by atoms with E-state index in [1.807, 2.05) is 0 Å². The Balaban J connectivity index is 3.46. The first-order valence-corrected chi connectivity index (χ1v) is 3.42. The molecular weight excluding hydrogens is 170 g/mol. The monoisotopic (exact) mass is 175 g/mol. The van der Waals surface area contributed by atoms with Crippen LogP contribution in [0.2, 0.25) is 0 Å². The molecule has 1 aromatic rings. The minimum absolute atomic E-state index is 0.0926. The molecule has 1 aromatic carbocycles. The normalized spacial score (nSPS) is 8.85. The Bertz CT molecular complexity index is 404. The van der Waals surface area contributed by atoms with Crippen LogP contribution >= 0.6 is 0 Å². The summed E-state index contributed by atoms with van der Waals surface area (Å²) in [5.74, 6) is -1.21. The number of nitrogens with zero attached hydrogens (tertiary/aromatic N) is 1. The Hall–Kier alpha value is -2.15. The van der Waals surface area contributed by atoms with Crippen LogP contribution in [0.1, 0.15) is 26.3 Å². The Kier molecular flexibility index (Phi) is 2.41. The van der Waals surface area contributed by atoms with E-state index in [-0.39, 0.29) is 16.7 Å². The number of carbonyl (C=O) groups is 2. The van der Waals surface area contributed by atoms with Gasteiger partial charge in [-0.2, -0.15) is 5.26 Å². The largest absolute Gasteiger partial charge is 0.478 e. The molecule has 0 spiro atoms. The topological polar surface area (TPSA) is 78.2 Å². The molecule has 0 saturated carbocycles. The molecule has 64 valence electrons. The highest BCUT2D eigenvalue weighted by molar-refractivity contribution is 5.94. The first kappa shape index (κ1) is 8.94. The lowest BCUT2D eigenvalue weighted by Crippen LogP contribution is -2.02. The summed E-state index contributed by atoms with van der Waals surface area (Å²) in [5.41, 5.74) is -0.139. The van der Waals surface area contributed by atoms with Crippen LogP contribution in [0.3, 0.4) is 0 Å². The number of carboxylic acid groups (broad SMARTS) is 1. The van der Waals surface area contributed by atoms with E-state index in [1.165, 1.54) is 18.2 Å². The van der Waals surface area contributed by atoms with Crippen LogP contribution in [-0.4, -0.2) is 17.4 Å². The Morgan fingerprint density at radius 1 is 1.54 bits per heavy atom. The lowest BCUT2D eigenvalue weighted by Gasteiger charge is -1.99.